The second kappa shape index (κ2) is 7.38. The van der Waals surface area contributed by atoms with Crippen LogP contribution in [-0.2, 0) is 6.42 Å². The number of benzene rings is 1. The average Bonchev–Trinajstić information content (AvgIpc) is 2.91. The highest BCUT2D eigenvalue weighted by Gasteiger charge is 2.05. The van der Waals surface area contributed by atoms with E-state index in [4.69, 9.17) is 27.0 Å². The normalized spacial score (nSPS) is 10.6. The van der Waals surface area contributed by atoms with E-state index >= 15 is 0 Å². The first-order chi connectivity index (χ1) is 10.7. The van der Waals surface area contributed by atoms with Crippen molar-refractivity contribution < 1.29 is 9.47 Å². The molecular weight excluding hydrogens is 302 g/mol. The molecule has 0 aliphatic rings. The second-order valence-electron chi connectivity index (χ2n) is 4.21. The van der Waals surface area contributed by atoms with Crippen LogP contribution >= 0.6 is 12.2 Å². The lowest BCUT2D eigenvalue weighted by Crippen LogP contribution is -1.99. The molecular formula is C14H15N5O2S. The number of hydrogen-bond donors (Lipinski definition) is 1. The predicted octanol–water partition coefficient (Wildman–Crippen LogP) is 2.30. The zero-order valence-corrected chi connectivity index (χ0v) is 13.1. The van der Waals surface area contributed by atoms with Crippen molar-refractivity contribution in [3.05, 3.63) is 34.4 Å². The molecule has 0 radical (unpaired) electrons. The van der Waals surface area contributed by atoms with Crippen molar-refractivity contribution >= 4 is 18.4 Å². The molecule has 0 saturated heterocycles. The van der Waals surface area contributed by atoms with Gasteiger partial charge in [-0.05, 0) is 36.0 Å². The van der Waals surface area contributed by atoms with Crippen LogP contribution in [0.15, 0.2) is 23.3 Å². The van der Waals surface area contributed by atoms with Crippen LogP contribution in [-0.4, -0.2) is 34.8 Å². The Hall–Kier alpha value is -2.66. The number of aromatic amines is 1. The number of nitriles is 1. The Labute approximate surface area is 132 Å². The molecule has 1 aromatic carbocycles. The van der Waals surface area contributed by atoms with Gasteiger partial charge in [-0.2, -0.15) is 20.1 Å². The smallest absolute Gasteiger partial charge is 0.216 e. The van der Waals surface area contributed by atoms with Crippen LogP contribution in [0.5, 0.6) is 11.5 Å². The molecule has 0 aliphatic carbocycles. The van der Waals surface area contributed by atoms with Crippen molar-refractivity contribution in [1.29, 1.82) is 5.26 Å². The third-order valence-corrected chi connectivity index (χ3v) is 3.10. The van der Waals surface area contributed by atoms with Crippen LogP contribution in [0.2, 0.25) is 0 Å². The molecule has 1 heterocycles. The first kappa shape index (κ1) is 15.7. The van der Waals surface area contributed by atoms with Gasteiger partial charge >= 0.3 is 0 Å². The highest BCUT2D eigenvalue weighted by molar-refractivity contribution is 7.71. The number of nitrogens with zero attached hydrogens (tertiary/aromatic N) is 4. The first-order valence-corrected chi connectivity index (χ1v) is 6.98. The van der Waals surface area contributed by atoms with E-state index in [1.165, 1.54) is 7.11 Å². The lowest BCUT2D eigenvalue weighted by atomic mass is 10.2. The summed E-state index contributed by atoms with van der Waals surface area (Å²) >= 11 is 5.13. The molecule has 0 aliphatic heterocycles. The van der Waals surface area contributed by atoms with Crippen molar-refractivity contribution in [1.82, 2.24) is 14.9 Å². The van der Waals surface area contributed by atoms with Crippen LogP contribution in [0.1, 0.15) is 18.3 Å². The SMILES string of the molecule is CCc1n[nH]c(=S)n1/N=C\c1ccc(OCC#N)c(OC)c1. The van der Waals surface area contributed by atoms with E-state index in [2.05, 4.69) is 15.3 Å². The van der Waals surface area contributed by atoms with Gasteiger partial charge in [0.05, 0.1) is 13.3 Å². The van der Waals surface area contributed by atoms with Gasteiger partial charge in [-0.15, -0.1) is 0 Å². The van der Waals surface area contributed by atoms with E-state index < -0.39 is 0 Å². The highest BCUT2D eigenvalue weighted by Crippen LogP contribution is 2.27. The third kappa shape index (κ3) is 3.51. The maximum absolute atomic E-state index is 8.55. The molecule has 0 spiro atoms. The Morgan fingerprint density at radius 3 is 3.00 bits per heavy atom. The molecule has 2 aromatic rings. The zero-order chi connectivity index (χ0) is 15.9. The maximum atomic E-state index is 8.55. The molecule has 114 valence electrons. The molecule has 1 aromatic heterocycles. The summed E-state index contributed by atoms with van der Waals surface area (Å²) in [6, 6.07) is 7.23. The van der Waals surface area contributed by atoms with Crippen LogP contribution < -0.4 is 9.47 Å². The highest BCUT2D eigenvalue weighted by atomic mass is 32.1. The number of aromatic nitrogens is 3. The quantitative estimate of drug-likeness (QED) is 0.652. The van der Waals surface area contributed by atoms with Gasteiger partial charge in [0.2, 0.25) is 4.77 Å². The summed E-state index contributed by atoms with van der Waals surface area (Å²) in [6.45, 7) is 1.94. The molecule has 8 heteroatoms. The van der Waals surface area contributed by atoms with Gasteiger partial charge in [0, 0.05) is 6.42 Å². The summed E-state index contributed by atoms with van der Waals surface area (Å²) in [5.41, 5.74) is 0.811. The Balaban J connectivity index is 2.26. The van der Waals surface area contributed by atoms with Crippen LogP contribution in [0.4, 0.5) is 0 Å². The van der Waals surface area contributed by atoms with Crippen LogP contribution in [0.25, 0.3) is 0 Å². The Kier molecular flexibility index (Phi) is 5.27. The third-order valence-electron chi connectivity index (χ3n) is 2.84. The minimum Gasteiger partial charge on any atom is -0.493 e. The minimum atomic E-state index is -0.0339. The van der Waals surface area contributed by atoms with Crippen molar-refractivity contribution in [2.24, 2.45) is 5.10 Å². The fourth-order valence-electron chi connectivity index (χ4n) is 1.79. The summed E-state index contributed by atoms with van der Waals surface area (Å²) in [4.78, 5) is 0. The molecule has 0 bridgehead atoms. The van der Waals surface area contributed by atoms with Gasteiger partial charge in [-0.25, -0.2) is 0 Å². The maximum Gasteiger partial charge on any atom is 0.216 e. The van der Waals surface area contributed by atoms with E-state index in [0.717, 1.165) is 17.8 Å². The van der Waals surface area contributed by atoms with Crippen LogP contribution in [0.3, 0.4) is 0 Å². The van der Waals surface area contributed by atoms with E-state index in [1.807, 2.05) is 19.1 Å². The summed E-state index contributed by atoms with van der Waals surface area (Å²) in [7, 11) is 1.54. The van der Waals surface area contributed by atoms with Gasteiger partial charge in [0.1, 0.15) is 6.07 Å². The van der Waals surface area contributed by atoms with Gasteiger partial charge in [0.15, 0.2) is 23.9 Å². The molecule has 0 amide bonds. The van der Waals surface area contributed by atoms with Crippen molar-refractivity contribution in [3.8, 4) is 17.6 Å². The monoisotopic (exact) mass is 317 g/mol. The standard InChI is InChI=1S/C14H15N5O2S/c1-3-13-17-18-14(22)19(13)16-9-10-4-5-11(21-7-6-15)12(8-10)20-2/h4-5,8-9H,3,7H2,1-2H3,(H,18,22)/b16-9-. The molecule has 22 heavy (non-hydrogen) atoms. The van der Waals surface area contributed by atoms with E-state index in [1.54, 1.807) is 23.0 Å². The second-order valence-corrected chi connectivity index (χ2v) is 4.60. The Bertz CT molecular complexity index is 772. The topological polar surface area (TPSA) is 88.2 Å². The molecule has 0 saturated carbocycles. The molecule has 0 atom stereocenters. The number of H-pyrrole nitrogens is 1. The Morgan fingerprint density at radius 2 is 2.32 bits per heavy atom. The fourth-order valence-corrected chi connectivity index (χ4v) is 1.99. The minimum absolute atomic E-state index is 0.0339. The Morgan fingerprint density at radius 1 is 1.50 bits per heavy atom. The predicted molar refractivity (Wildman–Crippen MR) is 83.9 cm³/mol. The van der Waals surface area contributed by atoms with Gasteiger partial charge in [0.25, 0.3) is 0 Å². The largest absolute Gasteiger partial charge is 0.493 e. The van der Waals surface area contributed by atoms with Crippen molar-refractivity contribution in [2.45, 2.75) is 13.3 Å². The molecule has 2 rings (SSSR count). The van der Waals surface area contributed by atoms with Crippen molar-refractivity contribution in [3.63, 3.8) is 0 Å². The average molecular weight is 317 g/mol. The number of aryl methyl sites for hydroxylation is 1. The molecule has 1 N–H and O–H groups in total. The van der Waals surface area contributed by atoms with Gasteiger partial charge in [-0.3, -0.25) is 5.10 Å². The molecule has 0 unspecified atom stereocenters. The van der Waals surface area contributed by atoms with E-state index in [-0.39, 0.29) is 6.61 Å². The number of rotatable bonds is 6. The summed E-state index contributed by atoms with van der Waals surface area (Å²) in [5.74, 6) is 1.79. The number of nitrogens with one attached hydrogen (secondary N) is 1. The number of ether oxygens (including phenoxy) is 2. The van der Waals surface area contributed by atoms with Crippen LogP contribution in [0, 0.1) is 16.1 Å². The number of hydrogen-bond acceptors (Lipinski definition) is 6. The molecule has 7 nitrogen and oxygen atoms in total. The fraction of sp³-hybridized carbons (Fsp3) is 0.286. The zero-order valence-electron chi connectivity index (χ0n) is 12.2. The summed E-state index contributed by atoms with van der Waals surface area (Å²) in [6.07, 6.45) is 2.37. The first-order valence-electron chi connectivity index (χ1n) is 6.58. The molecule has 0 fully saturated rings. The van der Waals surface area contributed by atoms with E-state index in [9.17, 15) is 0 Å². The lowest BCUT2D eigenvalue weighted by molar-refractivity contribution is 0.329. The lowest BCUT2D eigenvalue weighted by Gasteiger charge is -2.08. The number of methoxy groups -OCH3 is 1. The summed E-state index contributed by atoms with van der Waals surface area (Å²) in [5, 5.41) is 19.7. The van der Waals surface area contributed by atoms with E-state index in [0.29, 0.717) is 16.3 Å². The summed E-state index contributed by atoms with van der Waals surface area (Å²) < 4.78 is 12.5. The van der Waals surface area contributed by atoms with Crippen molar-refractivity contribution in [2.75, 3.05) is 13.7 Å². The van der Waals surface area contributed by atoms with Gasteiger partial charge < -0.3 is 9.47 Å². The van der Waals surface area contributed by atoms with Gasteiger partial charge in [-0.1, -0.05) is 6.92 Å².